The zero-order valence-electron chi connectivity index (χ0n) is 17.3. The second-order valence-corrected chi connectivity index (χ2v) is 6.70. The largest absolute Gasteiger partial charge is 1.00 e. The van der Waals surface area contributed by atoms with Crippen LogP contribution in [0, 0.1) is 0 Å². The standard InChI is InChI=1S/C19H34N2O6.Li/c1-2-3-4-5-8-17(23)20-11-14-21(15-16-22,12-6-9-18(24)25)13-7-10-19(26)27;/h3-4,22H,2,5-16H2,1H3,(H2-,20,23,24,25,26,27);/q;+1/b4-3+;. The fraction of sp³-hybridized carbons (Fsp3) is 0.737. The number of carbonyl (C=O) groups is 3. The van der Waals surface area contributed by atoms with E-state index in [2.05, 4.69) is 5.32 Å². The van der Waals surface area contributed by atoms with Crippen LogP contribution in [0.15, 0.2) is 12.2 Å². The zero-order valence-corrected chi connectivity index (χ0v) is 17.3. The summed E-state index contributed by atoms with van der Waals surface area (Å²) in [4.78, 5) is 33.4. The van der Waals surface area contributed by atoms with Gasteiger partial charge >= 0.3 is 24.8 Å². The smallest absolute Gasteiger partial charge is 0.550 e. The van der Waals surface area contributed by atoms with Crippen molar-refractivity contribution < 1.29 is 53.0 Å². The van der Waals surface area contributed by atoms with Gasteiger partial charge in [-0.2, -0.15) is 0 Å². The second-order valence-electron chi connectivity index (χ2n) is 6.70. The van der Waals surface area contributed by atoms with Gasteiger partial charge in [0.2, 0.25) is 5.91 Å². The van der Waals surface area contributed by atoms with Gasteiger partial charge in [-0.25, -0.2) is 0 Å². The first kappa shape index (κ1) is 28.9. The van der Waals surface area contributed by atoms with Gasteiger partial charge in [0, 0.05) is 25.2 Å². The topological polar surface area (TPSA) is 127 Å². The van der Waals surface area contributed by atoms with Gasteiger partial charge in [0.1, 0.15) is 6.54 Å². The first-order valence-corrected chi connectivity index (χ1v) is 9.64. The molecule has 0 bridgehead atoms. The summed E-state index contributed by atoms with van der Waals surface area (Å²) < 4.78 is 0.382. The van der Waals surface area contributed by atoms with Crippen molar-refractivity contribution in [2.75, 3.05) is 39.3 Å². The number of aliphatic hydroxyl groups is 1. The third kappa shape index (κ3) is 15.7. The van der Waals surface area contributed by atoms with Gasteiger partial charge in [-0.15, -0.1) is 0 Å². The molecule has 0 aliphatic rings. The number of hydrogen-bond acceptors (Lipinski definition) is 5. The summed E-state index contributed by atoms with van der Waals surface area (Å²) in [7, 11) is 0. The minimum Gasteiger partial charge on any atom is -0.550 e. The summed E-state index contributed by atoms with van der Waals surface area (Å²) in [5.41, 5.74) is 0. The maximum absolute atomic E-state index is 11.9. The molecule has 0 aliphatic heterocycles. The molecule has 0 aromatic carbocycles. The molecule has 8 nitrogen and oxygen atoms in total. The fourth-order valence-corrected chi connectivity index (χ4v) is 3.03. The Kier molecular flexibility index (Phi) is 18.3. The molecule has 1 unspecified atom stereocenters. The average Bonchev–Trinajstić information content (AvgIpc) is 2.58. The van der Waals surface area contributed by atoms with Gasteiger partial charge in [-0.3, -0.25) is 9.59 Å². The number of aliphatic carboxylic acids is 2. The van der Waals surface area contributed by atoms with Gasteiger partial charge in [0.25, 0.3) is 0 Å². The SMILES string of the molecule is CC/C=C/CCC(=O)NCC[N+](CCO)(CCCC(=O)[O-])CCCC(=O)O.[Li+]. The molecule has 156 valence electrons. The number of rotatable bonds is 17. The Hall–Kier alpha value is -1.33. The number of carboxylic acids is 2. The Morgan fingerprint density at radius 3 is 2.18 bits per heavy atom. The Balaban J connectivity index is 0. The van der Waals surface area contributed by atoms with Crippen molar-refractivity contribution in [3.63, 3.8) is 0 Å². The van der Waals surface area contributed by atoms with Crippen molar-refractivity contribution in [1.82, 2.24) is 5.32 Å². The predicted octanol–water partition coefficient (Wildman–Crippen LogP) is -2.94. The van der Waals surface area contributed by atoms with Crippen LogP contribution in [0.25, 0.3) is 0 Å². The fourth-order valence-electron chi connectivity index (χ4n) is 3.03. The summed E-state index contributed by atoms with van der Waals surface area (Å²) >= 11 is 0. The Bertz CT molecular complexity index is 465. The molecular formula is C19H34LiN2O6+. The maximum atomic E-state index is 11.9. The van der Waals surface area contributed by atoms with Crippen molar-refractivity contribution in [3.8, 4) is 0 Å². The minimum absolute atomic E-state index is 0. The van der Waals surface area contributed by atoms with Gasteiger partial charge in [0.15, 0.2) is 0 Å². The van der Waals surface area contributed by atoms with E-state index in [0.29, 0.717) is 62.9 Å². The Labute approximate surface area is 179 Å². The van der Waals surface area contributed by atoms with E-state index < -0.39 is 11.9 Å². The normalized spacial score (nSPS) is 12.9. The van der Waals surface area contributed by atoms with Crippen LogP contribution in [0.5, 0.6) is 0 Å². The Morgan fingerprint density at radius 1 is 1.00 bits per heavy atom. The van der Waals surface area contributed by atoms with E-state index in [1.807, 2.05) is 19.1 Å². The molecule has 9 heteroatoms. The average molecular weight is 393 g/mol. The van der Waals surface area contributed by atoms with Crippen molar-refractivity contribution >= 4 is 17.8 Å². The van der Waals surface area contributed by atoms with Crippen molar-refractivity contribution in [2.45, 2.75) is 51.9 Å². The van der Waals surface area contributed by atoms with E-state index in [-0.39, 0.29) is 44.2 Å². The van der Waals surface area contributed by atoms with Gasteiger partial charge in [-0.1, -0.05) is 19.1 Å². The van der Waals surface area contributed by atoms with Crippen LogP contribution in [0.4, 0.5) is 0 Å². The number of nitrogens with zero attached hydrogens (tertiary/aromatic N) is 1. The van der Waals surface area contributed by atoms with Crippen LogP contribution in [-0.2, 0) is 14.4 Å². The number of allylic oxidation sites excluding steroid dienone is 2. The van der Waals surface area contributed by atoms with Gasteiger partial charge in [-0.05, 0) is 19.3 Å². The van der Waals surface area contributed by atoms with Crippen molar-refractivity contribution in [2.24, 2.45) is 0 Å². The van der Waals surface area contributed by atoms with E-state index in [1.165, 1.54) is 0 Å². The molecule has 0 saturated carbocycles. The summed E-state index contributed by atoms with van der Waals surface area (Å²) in [5.74, 6) is -2.07. The molecule has 1 atom stereocenters. The number of carboxylic acid groups (broad SMARTS) is 2. The van der Waals surface area contributed by atoms with Crippen LogP contribution in [0.1, 0.15) is 51.9 Å². The number of amides is 1. The van der Waals surface area contributed by atoms with Gasteiger partial charge < -0.3 is 29.9 Å². The van der Waals surface area contributed by atoms with Crippen LogP contribution in [0.2, 0.25) is 0 Å². The van der Waals surface area contributed by atoms with Crippen LogP contribution in [-0.4, -0.2) is 71.9 Å². The zero-order chi connectivity index (χ0) is 20.5. The van der Waals surface area contributed by atoms with Gasteiger partial charge in [0.05, 0.1) is 39.2 Å². The first-order chi connectivity index (χ1) is 12.8. The third-order valence-corrected chi connectivity index (χ3v) is 4.46. The quantitative estimate of drug-likeness (QED) is 0.138. The van der Waals surface area contributed by atoms with E-state index in [1.54, 1.807) is 0 Å². The molecule has 1 amide bonds. The second kappa shape index (κ2) is 17.7. The van der Waals surface area contributed by atoms with Crippen molar-refractivity contribution in [3.05, 3.63) is 12.2 Å². The minimum atomic E-state index is -1.13. The Morgan fingerprint density at radius 2 is 1.64 bits per heavy atom. The van der Waals surface area contributed by atoms with Crippen molar-refractivity contribution in [1.29, 1.82) is 0 Å². The molecule has 0 heterocycles. The molecule has 0 aromatic heterocycles. The van der Waals surface area contributed by atoms with Crippen LogP contribution in [0.3, 0.4) is 0 Å². The summed E-state index contributed by atoms with van der Waals surface area (Å²) in [6.45, 7) is 4.24. The number of hydrogen-bond donors (Lipinski definition) is 3. The van der Waals surface area contributed by atoms with E-state index >= 15 is 0 Å². The summed E-state index contributed by atoms with van der Waals surface area (Å²) in [6, 6.07) is 0. The molecule has 0 aliphatic carbocycles. The number of quaternary nitrogens is 1. The third-order valence-electron chi connectivity index (χ3n) is 4.46. The molecule has 28 heavy (non-hydrogen) atoms. The molecule has 0 rings (SSSR count). The molecule has 0 saturated heterocycles. The maximum Gasteiger partial charge on any atom is 1.00 e. The molecule has 0 spiro atoms. The van der Waals surface area contributed by atoms with E-state index in [0.717, 1.165) is 6.42 Å². The molecule has 0 radical (unpaired) electrons. The molecule has 0 fully saturated rings. The molecular weight excluding hydrogens is 359 g/mol. The first-order valence-electron chi connectivity index (χ1n) is 9.64. The summed E-state index contributed by atoms with van der Waals surface area (Å²) in [6.07, 6.45) is 6.74. The number of carbonyl (C=O) groups excluding carboxylic acids is 2. The van der Waals surface area contributed by atoms with E-state index in [4.69, 9.17) is 5.11 Å². The predicted molar refractivity (Wildman–Crippen MR) is 99.6 cm³/mol. The van der Waals surface area contributed by atoms with E-state index in [9.17, 15) is 24.6 Å². The number of aliphatic hydroxyl groups excluding tert-OH is 1. The van der Waals surface area contributed by atoms with Crippen LogP contribution >= 0.6 is 0 Å². The monoisotopic (exact) mass is 393 g/mol. The molecule has 0 aromatic rings. The van der Waals surface area contributed by atoms with Crippen LogP contribution < -0.4 is 29.3 Å². The summed E-state index contributed by atoms with van der Waals surface area (Å²) in [5, 5.41) is 31.8. The molecule has 3 N–H and O–H groups in total. The number of nitrogens with one attached hydrogen (secondary N) is 1.